The zero-order valence-electron chi connectivity index (χ0n) is 18.8. The highest BCUT2D eigenvalue weighted by Crippen LogP contribution is 2.29. The van der Waals surface area contributed by atoms with E-state index in [2.05, 4.69) is 20.6 Å². The van der Waals surface area contributed by atoms with Gasteiger partial charge in [0.1, 0.15) is 11.2 Å². The third kappa shape index (κ3) is 5.63. The Morgan fingerprint density at radius 1 is 0.939 bits per heavy atom. The van der Waals surface area contributed by atoms with Gasteiger partial charge in [0.25, 0.3) is 11.8 Å². The Labute approximate surface area is 191 Å². The maximum absolute atomic E-state index is 12.9. The molecule has 3 aromatic rings. The first-order valence-corrected chi connectivity index (χ1v) is 10.6. The summed E-state index contributed by atoms with van der Waals surface area (Å²) < 4.78 is 0. The number of benzene rings is 1. The lowest BCUT2D eigenvalue weighted by molar-refractivity contribution is 0.0911. The van der Waals surface area contributed by atoms with Gasteiger partial charge in [-0.15, -0.1) is 0 Å². The summed E-state index contributed by atoms with van der Waals surface area (Å²) in [6, 6.07) is 8.61. The fourth-order valence-corrected chi connectivity index (χ4v) is 3.26. The molecule has 0 saturated carbocycles. The number of amides is 2. The van der Waals surface area contributed by atoms with Crippen LogP contribution in [0.2, 0.25) is 0 Å². The van der Waals surface area contributed by atoms with Gasteiger partial charge in [0, 0.05) is 23.7 Å². The van der Waals surface area contributed by atoms with Crippen LogP contribution in [0.1, 0.15) is 51.5 Å². The standard InChI is InChI=1S/C24H28N4O5/c1-13-4-6-16(7-5-13)8-17-9-18-19(25-10-17)22(31)21(24(33)27-15(3)12-30)28-20(18)23(32)26-14(2)11-29/h4-7,9-10,14-15,29-31H,8,11-12H2,1-3H3,(H,26,32)(H,27,33). The third-order valence-corrected chi connectivity index (χ3v) is 5.13. The molecule has 2 heterocycles. The number of aromatic nitrogens is 2. The van der Waals surface area contributed by atoms with E-state index in [1.54, 1.807) is 26.1 Å². The van der Waals surface area contributed by atoms with Gasteiger partial charge in [-0.2, -0.15) is 0 Å². The van der Waals surface area contributed by atoms with E-state index in [9.17, 15) is 24.9 Å². The molecule has 0 radical (unpaired) electrons. The number of carbonyl (C=O) groups excluding carboxylic acids is 2. The van der Waals surface area contributed by atoms with Crippen molar-refractivity contribution in [3.05, 3.63) is 64.6 Å². The molecule has 0 aliphatic rings. The highest BCUT2D eigenvalue weighted by Gasteiger charge is 2.25. The van der Waals surface area contributed by atoms with Crippen LogP contribution in [0.5, 0.6) is 5.75 Å². The molecule has 0 saturated heterocycles. The molecule has 33 heavy (non-hydrogen) atoms. The van der Waals surface area contributed by atoms with Crippen molar-refractivity contribution >= 4 is 22.7 Å². The van der Waals surface area contributed by atoms with Gasteiger partial charge in [-0.1, -0.05) is 29.8 Å². The fourth-order valence-electron chi connectivity index (χ4n) is 3.26. The third-order valence-electron chi connectivity index (χ3n) is 5.13. The van der Waals surface area contributed by atoms with E-state index in [1.807, 2.05) is 31.2 Å². The minimum Gasteiger partial charge on any atom is -0.504 e. The summed E-state index contributed by atoms with van der Waals surface area (Å²) in [6.45, 7) is 4.63. The number of hydrogen-bond acceptors (Lipinski definition) is 7. The Morgan fingerprint density at radius 2 is 1.52 bits per heavy atom. The maximum atomic E-state index is 12.9. The number of aryl methyl sites for hydroxylation is 1. The summed E-state index contributed by atoms with van der Waals surface area (Å²) in [5.74, 6) is -1.81. The summed E-state index contributed by atoms with van der Waals surface area (Å²) in [5.41, 5.74) is 2.58. The monoisotopic (exact) mass is 452 g/mol. The first-order chi connectivity index (χ1) is 15.7. The van der Waals surface area contributed by atoms with E-state index in [4.69, 9.17) is 0 Å². The summed E-state index contributed by atoms with van der Waals surface area (Å²) in [7, 11) is 0. The molecular formula is C24H28N4O5. The summed E-state index contributed by atoms with van der Waals surface area (Å²) in [6.07, 6.45) is 2.13. The maximum Gasteiger partial charge on any atom is 0.274 e. The minimum absolute atomic E-state index is 0.0567. The molecule has 2 unspecified atom stereocenters. The SMILES string of the molecule is Cc1ccc(Cc2cnc3c(O)c(C(=O)NC(C)CO)nc(C(=O)NC(C)CO)c3c2)cc1. The predicted molar refractivity (Wildman–Crippen MR) is 123 cm³/mol. The number of hydrogen-bond donors (Lipinski definition) is 5. The van der Waals surface area contributed by atoms with Gasteiger partial charge in [-0.25, -0.2) is 4.98 Å². The van der Waals surface area contributed by atoms with Crippen molar-refractivity contribution in [1.29, 1.82) is 0 Å². The molecule has 2 amide bonds. The van der Waals surface area contributed by atoms with Crippen LogP contribution >= 0.6 is 0 Å². The van der Waals surface area contributed by atoms with Crippen LogP contribution in [0, 0.1) is 6.92 Å². The molecule has 0 spiro atoms. The van der Waals surface area contributed by atoms with Crippen LogP contribution in [0.15, 0.2) is 36.5 Å². The lowest BCUT2D eigenvalue weighted by atomic mass is 10.0. The Balaban J connectivity index is 2.10. The number of fused-ring (bicyclic) bond motifs is 1. The molecular weight excluding hydrogens is 424 g/mol. The zero-order valence-corrected chi connectivity index (χ0v) is 18.8. The highest BCUT2D eigenvalue weighted by molar-refractivity contribution is 6.09. The van der Waals surface area contributed by atoms with Crippen LogP contribution in [0.4, 0.5) is 0 Å². The van der Waals surface area contributed by atoms with Crippen LogP contribution in [0.25, 0.3) is 10.9 Å². The number of rotatable bonds is 8. The largest absolute Gasteiger partial charge is 0.504 e. The second-order valence-corrected chi connectivity index (χ2v) is 8.17. The topological polar surface area (TPSA) is 145 Å². The first-order valence-electron chi connectivity index (χ1n) is 10.6. The van der Waals surface area contributed by atoms with Crippen molar-refractivity contribution in [2.24, 2.45) is 0 Å². The van der Waals surface area contributed by atoms with E-state index < -0.39 is 29.6 Å². The van der Waals surface area contributed by atoms with E-state index >= 15 is 0 Å². The molecule has 174 valence electrons. The van der Waals surface area contributed by atoms with Crippen molar-refractivity contribution in [3.8, 4) is 5.75 Å². The average molecular weight is 453 g/mol. The Morgan fingerprint density at radius 3 is 2.09 bits per heavy atom. The predicted octanol–water partition coefficient (Wildman–Crippen LogP) is 1.46. The van der Waals surface area contributed by atoms with Crippen LogP contribution < -0.4 is 10.6 Å². The number of aliphatic hydroxyl groups is 2. The molecule has 9 heteroatoms. The van der Waals surface area contributed by atoms with Gasteiger partial charge in [-0.05, 0) is 44.4 Å². The van der Waals surface area contributed by atoms with Gasteiger partial charge < -0.3 is 26.0 Å². The molecule has 0 aliphatic heterocycles. The molecule has 2 aromatic heterocycles. The molecule has 5 N–H and O–H groups in total. The Kier molecular flexibility index (Phi) is 7.57. The molecule has 0 aliphatic carbocycles. The first kappa shape index (κ1) is 24.1. The van der Waals surface area contributed by atoms with Crippen molar-refractivity contribution in [3.63, 3.8) is 0 Å². The molecule has 3 rings (SSSR count). The summed E-state index contributed by atoms with van der Waals surface area (Å²) in [5, 5.41) is 34.7. The average Bonchev–Trinajstić information content (AvgIpc) is 2.80. The van der Waals surface area contributed by atoms with Crippen molar-refractivity contribution in [2.75, 3.05) is 13.2 Å². The molecule has 2 atom stereocenters. The molecule has 9 nitrogen and oxygen atoms in total. The Bertz CT molecular complexity index is 1160. The van der Waals surface area contributed by atoms with Gasteiger partial charge in [0.15, 0.2) is 11.4 Å². The summed E-state index contributed by atoms with van der Waals surface area (Å²) >= 11 is 0. The van der Waals surface area contributed by atoms with Gasteiger partial charge in [0.05, 0.1) is 13.2 Å². The molecule has 0 fully saturated rings. The van der Waals surface area contributed by atoms with E-state index in [1.165, 1.54) is 0 Å². The number of nitrogens with zero attached hydrogens (tertiary/aromatic N) is 2. The minimum atomic E-state index is -0.745. The van der Waals surface area contributed by atoms with Crippen molar-refractivity contribution < 1.29 is 24.9 Å². The van der Waals surface area contributed by atoms with Crippen LogP contribution in [-0.2, 0) is 6.42 Å². The number of pyridine rings is 2. The second kappa shape index (κ2) is 10.4. The van der Waals surface area contributed by atoms with Gasteiger partial charge in [-0.3, -0.25) is 14.6 Å². The van der Waals surface area contributed by atoms with E-state index in [0.717, 1.165) is 16.7 Å². The van der Waals surface area contributed by atoms with Crippen molar-refractivity contribution in [1.82, 2.24) is 20.6 Å². The zero-order chi connectivity index (χ0) is 24.1. The quantitative estimate of drug-likeness (QED) is 0.348. The van der Waals surface area contributed by atoms with Crippen molar-refractivity contribution in [2.45, 2.75) is 39.3 Å². The van der Waals surface area contributed by atoms with Crippen LogP contribution in [-0.4, -0.2) is 62.4 Å². The fraction of sp³-hybridized carbons (Fsp3) is 0.333. The van der Waals surface area contributed by atoms with Gasteiger partial charge in [0.2, 0.25) is 0 Å². The van der Waals surface area contributed by atoms with Gasteiger partial charge >= 0.3 is 0 Å². The highest BCUT2D eigenvalue weighted by atomic mass is 16.3. The number of nitrogens with one attached hydrogen (secondary N) is 2. The Hall–Kier alpha value is -3.56. The van der Waals surface area contributed by atoms with E-state index in [-0.39, 0.29) is 35.5 Å². The summed E-state index contributed by atoms with van der Waals surface area (Å²) in [4.78, 5) is 34.0. The molecule has 0 bridgehead atoms. The lowest BCUT2D eigenvalue weighted by Gasteiger charge is -2.16. The van der Waals surface area contributed by atoms with E-state index in [0.29, 0.717) is 6.42 Å². The second-order valence-electron chi connectivity index (χ2n) is 8.17. The smallest absolute Gasteiger partial charge is 0.274 e. The lowest BCUT2D eigenvalue weighted by Crippen LogP contribution is -2.37. The number of carbonyl (C=O) groups is 2. The number of aromatic hydroxyl groups is 1. The normalized spacial score (nSPS) is 12.9. The molecule has 1 aromatic carbocycles. The van der Waals surface area contributed by atoms with Crippen LogP contribution in [0.3, 0.4) is 0 Å². The number of aliphatic hydroxyl groups excluding tert-OH is 2.